The minimum atomic E-state index is -3.87. The van der Waals surface area contributed by atoms with E-state index in [0.717, 1.165) is 30.5 Å². The molecule has 1 N–H and O–H groups in total. The van der Waals surface area contributed by atoms with Crippen molar-refractivity contribution in [3.63, 3.8) is 0 Å². The smallest absolute Gasteiger partial charge is 0.242 e. The van der Waals surface area contributed by atoms with Gasteiger partial charge in [-0.25, -0.2) is 8.42 Å². The first-order chi connectivity index (χ1) is 16.4. The predicted molar refractivity (Wildman–Crippen MR) is 131 cm³/mol. The van der Waals surface area contributed by atoms with Gasteiger partial charge in [-0.3, -0.25) is 9.48 Å². The molecule has 1 amide bonds. The molecule has 3 aromatic rings. The summed E-state index contributed by atoms with van der Waals surface area (Å²) in [4.78, 5) is 13.8. The van der Waals surface area contributed by atoms with Crippen molar-refractivity contribution in [1.29, 1.82) is 0 Å². The molecule has 1 atom stereocenters. The number of rotatable bonds is 6. The lowest BCUT2D eigenvalue weighted by molar-refractivity contribution is -0.124. The SMILES string of the molecule is O=C(NC1CCCc2c1cnn2Cc1ccccc1)C1(S(=O)(=O)c2ccc(Cl)cc2)CCCC1. The molecule has 1 unspecified atom stereocenters. The van der Waals surface area contributed by atoms with E-state index >= 15 is 0 Å². The van der Waals surface area contributed by atoms with Crippen LogP contribution in [0.3, 0.4) is 0 Å². The average Bonchev–Trinajstić information content (AvgIpc) is 3.50. The number of carbonyl (C=O) groups excluding carboxylic acids is 1. The van der Waals surface area contributed by atoms with Crippen LogP contribution >= 0.6 is 11.6 Å². The van der Waals surface area contributed by atoms with Crippen molar-refractivity contribution in [2.75, 3.05) is 0 Å². The van der Waals surface area contributed by atoms with E-state index in [1.54, 1.807) is 12.1 Å². The van der Waals surface area contributed by atoms with Crippen LogP contribution in [0.2, 0.25) is 5.02 Å². The summed E-state index contributed by atoms with van der Waals surface area (Å²) in [5.74, 6) is -0.395. The van der Waals surface area contributed by atoms with Gasteiger partial charge in [0.2, 0.25) is 5.91 Å². The van der Waals surface area contributed by atoms with Gasteiger partial charge in [-0.05, 0) is 61.9 Å². The van der Waals surface area contributed by atoms with Crippen molar-refractivity contribution in [3.8, 4) is 0 Å². The number of benzene rings is 2. The highest BCUT2D eigenvalue weighted by Gasteiger charge is 2.53. The van der Waals surface area contributed by atoms with E-state index in [-0.39, 0.29) is 10.9 Å². The van der Waals surface area contributed by atoms with Crippen molar-refractivity contribution < 1.29 is 13.2 Å². The van der Waals surface area contributed by atoms with Crippen LogP contribution in [-0.4, -0.2) is 28.9 Å². The van der Waals surface area contributed by atoms with Crippen molar-refractivity contribution >= 4 is 27.3 Å². The van der Waals surface area contributed by atoms with Crippen molar-refractivity contribution in [1.82, 2.24) is 15.1 Å². The third-order valence-corrected chi connectivity index (χ3v) is 9.97. The molecule has 0 saturated heterocycles. The maximum absolute atomic E-state index is 13.7. The summed E-state index contributed by atoms with van der Waals surface area (Å²) >= 11 is 5.97. The number of hydrogen-bond donors (Lipinski definition) is 1. The van der Waals surface area contributed by atoms with Crippen molar-refractivity contribution in [2.24, 2.45) is 0 Å². The van der Waals surface area contributed by atoms with Gasteiger partial charge in [-0.2, -0.15) is 5.10 Å². The second-order valence-electron chi connectivity index (χ2n) is 9.27. The number of hydrogen-bond acceptors (Lipinski definition) is 4. The summed E-state index contributed by atoms with van der Waals surface area (Å²) in [5, 5.41) is 8.19. The molecule has 1 saturated carbocycles. The number of carbonyl (C=O) groups is 1. The zero-order valence-electron chi connectivity index (χ0n) is 18.9. The Balaban J connectivity index is 1.41. The first kappa shape index (κ1) is 23.1. The topological polar surface area (TPSA) is 81.1 Å². The van der Waals surface area contributed by atoms with Gasteiger partial charge in [0.15, 0.2) is 14.6 Å². The molecule has 0 aliphatic heterocycles. The van der Waals surface area contributed by atoms with Crippen LogP contribution in [0.1, 0.15) is 61.4 Å². The number of aromatic nitrogens is 2. The van der Waals surface area contributed by atoms with Gasteiger partial charge >= 0.3 is 0 Å². The van der Waals surface area contributed by atoms with E-state index < -0.39 is 20.5 Å². The average molecular weight is 498 g/mol. The van der Waals surface area contributed by atoms with Crippen LogP contribution in [-0.2, 0) is 27.6 Å². The lowest BCUT2D eigenvalue weighted by Crippen LogP contribution is -2.51. The Morgan fingerprint density at radius 1 is 1.06 bits per heavy atom. The first-order valence-corrected chi connectivity index (χ1v) is 13.7. The highest BCUT2D eigenvalue weighted by molar-refractivity contribution is 7.93. The van der Waals surface area contributed by atoms with E-state index in [4.69, 9.17) is 11.6 Å². The molecular formula is C26H28ClN3O3S. The molecule has 34 heavy (non-hydrogen) atoms. The summed E-state index contributed by atoms with van der Waals surface area (Å²) in [6, 6.07) is 16.0. The minimum Gasteiger partial charge on any atom is -0.348 e. The summed E-state index contributed by atoms with van der Waals surface area (Å²) in [6.07, 6.45) is 6.49. The molecule has 2 aliphatic carbocycles. The molecular weight excluding hydrogens is 470 g/mol. The second-order valence-corrected chi connectivity index (χ2v) is 12.0. The fraction of sp³-hybridized carbons (Fsp3) is 0.385. The molecule has 6 nitrogen and oxygen atoms in total. The van der Waals surface area contributed by atoms with Crippen LogP contribution in [0.15, 0.2) is 65.7 Å². The Bertz CT molecular complexity index is 1280. The Kier molecular flexibility index (Phi) is 6.25. The molecule has 178 valence electrons. The lowest BCUT2D eigenvalue weighted by atomic mass is 9.92. The third kappa shape index (κ3) is 4.05. The normalized spacial score (nSPS) is 19.5. The van der Waals surface area contributed by atoms with E-state index in [1.807, 2.05) is 29.1 Å². The maximum Gasteiger partial charge on any atom is 0.242 e. The van der Waals surface area contributed by atoms with Crippen LogP contribution in [0, 0.1) is 0 Å². The first-order valence-electron chi connectivity index (χ1n) is 11.8. The largest absolute Gasteiger partial charge is 0.348 e. The molecule has 1 fully saturated rings. The number of nitrogens with one attached hydrogen (secondary N) is 1. The second kappa shape index (κ2) is 9.19. The van der Waals surface area contributed by atoms with Crippen LogP contribution in [0.5, 0.6) is 0 Å². The highest BCUT2D eigenvalue weighted by atomic mass is 35.5. The number of halogens is 1. The lowest BCUT2D eigenvalue weighted by Gasteiger charge is -2.31. The summed E-state index contributed by atoms with van der Waals surface area (Å²) in [5.41, 5.74) is 3.27. The van der Waals surface area contributed by atoms with Crippen LogP contribution in [0.4, 0.5) is 0 Å². The number of sulfone groups is 1. The van der Waals surface area contributed by atoms with E-state index in [2.05, 4.69) is 22.5 Å². The summed E-state index contributed by atoms with van der Waals surface area (Å²) in [7, 11) is -3.87. The Morgan fingerprint density at radius 3 is 2.47 bits per heavy atom. The number of nitrogens with zero attached hydrogens (tertiary/aromatic N) is 2. The number of amides is 1. The highest BCUT2D eigenvalue weighted by Crippen LogP contribution is 2.42. The van der Waals surface area contributed by atoms with Crippen molar-refractivity contribution in [2.45, 2.75) is 67.2 Å². The molecule has 0 bridgehead atoms. The predicted octanol–water partition coefficient (Wildman–Crippen LogP) is 4.87. The van der Waals surface area contributed by atoms with Crippen molar-refractivity contribution in [3.05, 3.63) is 82.6 Å². The summed E-state index contributed by atoms with van der Waals surface area (Å²) < 4.78 is 27.9. The van der Waals surface area contributed by atoms with Gasteiger partial charge in [-0.1, -0.05) is 54.8 Å². The van der Waals surface area contributed by atoms with Gasteiger partial charge in [0, 0.05) is 16.3 Å². The molecule has 0 spiro atoms. The van der Waals surface area contributed by atoms with Gasteiger partial charge in [0.05, 0.1) is 23.7 Å². The van der Waals surface area contributed by atoms with Gasteiger partial charge in [-0.15, -0.1) is 0 Å². The minimum absolute atomic E-state index is 0.147. The molecule has 8 heteroatoms. The summed E-state index contributed by atoms with van der Waals surface area (Å²) in [6.45, 7) is 0.672. The molecule has 1 heterocycles. The Hall–Kier alpha value is -2.64. The standard InChI is InChI=1S/C26H28ClN3O3S/c27-20-11-13-21(14-12-20)34(32,33)26(15-4-5-16-26)25(31)29-23-9-6-10-24-22(23)17-28-30(24)18-19-7-2-1-3-8-19/h1-3,7-8,11-14,17,23H,4-6,9-10,15-16,18H2,(H,29,31). The van der Waals surface area contributed by atoms with E-state index in [0.29, 0.717) is 37.3 Å². The molecule has 2 aliphatic rings. The monoisotopic (exact) mass is 497 g/mol. The third-order valence-electron chi connectivity index (χ3n) is 7.21. The molecule has 5 rings (SSSR count). The fourth-order valence-corrected chi connectivity index (χ4v) is 7.56. The van der Waals surface area contributed by atoms with Gasteiger partial charge < -0.3 is 5.32 Å². The van der Waals surface area contributed by atoms with E-state index in [9.17, 15) is 13.2 Å². The van der Waals surface area contributed by atoms with Gasteiger partial charge in [0.1, 0.15) is 0 Å². The molecule has 1 aromatic heterocycles. The molecule has 0 radical (unpaired) electrons. The van der Waals surface area contributed by atoms with Crippen LogP contribution < -0.4 is 5.32 Å². The zero-order chi connectivity index (χ0) is 23.8. The maximum atomic E-state index is 13.7. The molecule has 2 aromatic carbocycles. The van der Waals surface area contributed by atoms with Crippen LogP contribution in [0.25, 0.3) is 0 Å². The Morgan fingerprint density at radius 2 is 1.76 bits per heavy atom. The Labute approximate surface area is 205 Å². The fourth-order valence-electron chi connectivity index (χ4n) is 5.35. The van der Waals surface area contributed by atoms with E-state index in [1.165, 1.54) is 17.7 Å². The zero-order valence-corrected chi connectivity index (χ0v) is 20.5. The number of fused-ring (bicyclic) bond motifs is 1. The quantitative estimate of drug-likeness (QED) is 0.527. The van der Waals surface area contributed by atoms with Gasteiger partial charge in [0.25, 0.3) is 0 Å².